The summed E-state index contributed by atoms with van der Waals surface area (Å²) in [5.74, 6) is -0.873. The van der Waals surface area contributed by atoms with E-state index in [0.29, 0.717) is 12.8 Å². The second-order valence-electron chi connectivity index (χ2n) is 6.19. The quantitative estimate of drug-likeness (QED) is 0.941. The van der Waals surface area contributed by atoms with Gasteiger partial charge in [-0.05, 0) is 55.6 Å². The number of aliphatic carboxylic acids is 1. The van der Waals surface area contributed by atoms with Crippen molar-refractivity contribution in [1.29, 1.82) is 0 Å². The first kappa shape index (κ1) is 15.7. The minimum atomic E-state index is -0.666. The van der Waals surface area contributed by atoms with Gasteiger partial charge in [0.25, 0.3) is 0 Å². The molecule has 120 valence electrons. The molecule has 1 N–H and O–H groups in total. The predicted molar refractivity (Wildman–Crippen MR) is 89.2 cm³/mol. The molecule has 0 amide bonds. The minimum Gasteiger partial charge on any atom is -0.481 e. The standard InChI is InChI=1S/C19H22N2O2/c1-14-13-20-10-7-17(14)18(15-5-3-2-4-6-15)21-11-8-16(9-12-21)19(22)23/h2-7,10,13,16,18H,8-9,11-12H2,1H3,(H,22,23). The first-order valence-corrected chi connectivity index (χ1v) is 8.09. The van der Waals surface area contributed by atoms with Crippen LogP contribution in [0.25, 0.3) is 0 Å². The highest BCUT2D eigenvalue weighted by atomic mass is 16.4. The zero-order valence-electron chi connectivity index (χ0n) is 13.4. The molecule has 0 saturated carbocycles. The summed E-state index contributed by atoms with van der Waals surface area (Å²) in [5, 5.41) is 9.21. The van der Waals surface area contributed by atoms with Crippen LogP contribution in [0.1, 0.15) is 35.6 Å². The summed E-state index contributed by atoms with van der Waals surface area (Å²) in [7, 11) is 0. The predicted octanol–water partition coefficient (Wildman–Crippen LogP) is 3.28. The van der Waals surface area contributed by atoms with Crippen LogP contribution in [0.15, 0.2) is 48.8 Å². The van der Waals surface area contributed by atoms with E-state index in [0.717, 1.165) is 13.1 Å². The summed E-state index contributed by atoms with van der Waals surface area (Å²) in [6, 6.07) is 12.7. The number of benzene rings is 1. The van der Waals surface area contributed by atoms with Crippen molar-refractivity contribution >= 4 is 5.97 Å². The van der Waals surface area contributed by atoms with E-state index in [-0.39, 0.29) is 12.0 Å². The van der Waals surface area contributed by atoms with Crippen LogP contribution in [0.4, 0.5) is 0 Å². The minimum absolute atomic E-state index is 0.161. The van der Waals surface area contributed by atoms with Crippen molar-refractivity contribution in [2.45, 2.75) is 25.8 Å². The molecule has 0 radical (unpaired) electrons. The third-order valence-corrected chi connectivity index (χ3v) is 4.72. The number of nitrogens with zero attached hydrogens (tertiary/aromatic N) is 2. The van der Waals surface area contributed by atoms with Crippen LogP contribution in [0.2, 0.25) is 0 Å². The van der Waals surface area contributed by atoms with Crippen molar-refractivity contribution in [1.82, 2.24) is 9.88 Å². The fraction of sp³-hybridized carbons (Fsp3) is 0.368. The number of carbonyl (C=O) groups is 1. The van der Waals surface area contributed by atoms with Crippen LogP contribution in [0.3, 0.4) is 0 Å². The van der Waals surface area contributed by atoms with Gasteiger partial charge in [-0.3, -0.25) is 14.7 Å². The number of piperidine rings is 1. The molecule has 2 heterocycles. The highest BCUT2D eigenvalue weighted by Crippen LogP contribution is 2.33. The van der Waals surface area contributed by atoms with Gasteiger partial charge in [-0.1, -0.05) is 30.3 Å². The molecule has 0 spiro atoms. The summed E-state index contributed by atoms with van der Waals surface area (Å²) >= 11 is 0. The number of hydrogen-bond acceptors (Lipinski definition) is 3. The molecule has 3 rings (SSSR count). The Morgan fingerprint density at radius 3 is 2.52 bits per heavy atom. The van der Waals surface area contributed by atoms with Crippen LogP contribution in [0.5, 0.6) is 0 Å². The summed E-state index contributed by atoms with van der Waals surface area (Å²) in [4.78, 5) is 17.8. The number of hydrogen-bond donors (Lipinski definition) is 1. The van der Waals surface area contributed by atoms with Crippen molar-refractivity contribution in [3.05, 3.63) is 65.5 Å². The molecule has 4 heteroatoms. The molecule has 1 atom stereocenters. The highest BCUT2D eigenvalue weighted by molar-refractivity contribution is 5.70. The zero-order valence-corrected chi connectivity index (χ0v) is 13.4. The average Bonchev–Trinajstić information content (AvgIpc) is 2.58. The lowest BCUT2D eigenvalue weighted by molar-refractivity contribution is -0.143. The summed E-state index contributed by atoms with van der Waals surface area (Å²) in [5.41, 5.74) is 3.66. The molecule has 2 aromatic rings. The van der Waals surface area contributed by atoms with E-state index >= 15 is 0 Å². The monoisotopic (exact) mass is 310 g/mol. The van der Waals surface area contributed by atoms with Gasteiger partial charge in [0.15, 0.2) is 0 Å². The molecule has 1 aliphatic rings. The SMILES string of the molecule is Cc1cnccc1C(c1ccccc1)N1CCC(C(=O)O)CC1. The van der Waals surface area contributed by atoms with Gasteiger partial charge in [0, 0.05) is 12.4 Å². The van der Waals surface area contributed by atoms with Crippen molar-refractivity contribution in [3.63, 3.8) is 0 Å². The van der Waals surface area contributed by atoms with E-state index in [1.165, 1.54) is 16.7 Å². The Bertz CT molecular complexity index is 664. The van der Waals surface area contributed by atoms with Gasteiger partial charge in [0.1, 0.15) is 0 Å². The van der Waals surface area contributed by atoms with Gasteiger partial charge < -0.3 is 5.11 Å². The molecule has 0 bridgehead atoms. The largest absolute Gasteiger partial charge is 0.481 e. The molecular weight excluding hydrogens is 288 g/mol. The van der Waals surface area contributed by atoms with E-state index in [9.17, 15) is 9.90 Å². The molecule has 1 aliphatic heterocycles. The maximum Gasteiger partial charge on any atom is 0.306 e. The first-order chi connectivity index (χ1) is 11.2. The smallest absolute Gasteiger partial charge is 0.306 e. The Hall–Kier alpha value is -2.20. The van der Waals surface area contributed by atoms with Crippen LogP contribution in [-0.2, 0) is 4.79 Å². The van der Waals surface area contributed by atoms with Crippen molar-refractivity contribution < 1.29 is 9.90 Å². The third-order valence-electron chi connectivity index (χ3n) is 4.72. The zero-order chi connectivity index (χ0) is 16.2. The normalized spacial score (nSPS) is 17.8. The molecular formula is C19H22N2O2. The maximum atomic E-state index is 11.2. The van der Waals surface area contributed by atoms with Gasteiger partial charge in [0.2, 0.25) is 0 Å². The Kier molecular flexibility index (Phi) is 4.72. The summed E-state index contributed by atoms with van der Waals surface area (Å²) in [6.45, 7) is 3.69. The molecule has 23 heavy (non-hydrogen) atoms. The van der Waals surface area contributed by atoms with E-state index < -0.39 is 5.97 Å². The van der Waals surface area contributed by atoms with Crippen LogP contribution >= 0.6 is 0 Å². The molecule has 0 aliphatic carbocycles. The number of carboxylic acids is 1. The highest BCUT2D eigenvalue weighted by Gasteiger charge is 2.30. The summed E-state index contributed by atoms with van der Waals surface area (Å²) < 4.78 is 0. The number of pyridine rings is 1. The molecule has 1 saturated heterocycles. The average molecular weight is 310 g/mol. The lowest BCUT2D eigenvalue weighted by Gasteiger charge is -2.37. The van der Waals surface area contributed by atoms with Gasteiger partial charge in [-0.15, -0.1) is 0 Å². The van der Waals surface area contributed by atoms with E-state index in [1.807, 2.05) is 18.5 Å². The first-order valence-electron chi connectivity index (χ1n) is 8.09. The topological polar surface area (TPSA) is 53.4 Å². The number of carboxylic acid groups (broad SMARTS) is 1. The van der Waals surface area contributed by atoms with E-state index in [2.05, 4.69) is 47.1 Å². The Morgan fingerprint density at radius 1 is 1.22 bits per heavy atom. The molecule has 1 aromatic carbocycles. The second-order valence-corrected chi connectivity index (χ2v) is 6.19. The van der Waals surface area contributed by atoms with Gasteiger partial charge in [0.05, 0.1) is 12.0 Å². The fourth-order valence-electron chi connectivity index (χ4n) is 3.42. The van der Waals surface area contributed by atoms with Crippen LogP contribution < -0.4 is 0 Å². The lowest BCUT2D eigenvalue weighted by Crippen LogP contribution is -2.39. The van der Waals surface area contributed by atoms with E-state index in [4.69, 9.17) is 0 Å². The number of likely N-dealkylation sites (tertiary alicyclic amines) is 1. The molecule has 1 unspecified atom stereocenters. The Morgan fingerprint density at radius 2 is 1.91 bits per heavy atom. The molecule has 1 fully saturated rings. The summed E-state index contributed by atoms with van der Waals surface area (Å²) in [6.07, 6.45) is 5.16. The Labute approximate surface area is 136 Å². The number of rotatable bonds is 4. The number of aryl methyl sites for hydroxylation is 1. The van der Waals surface area contributed by atoms with Gasteiger partial charge in [-0.25, -0.2) is 0 Å². The van der Waals surface area contributed by atoms with Gasteiger partial charge >= 0.3 is 5.97 Å². The Balaban J connectivity index is 1.91. The second kappa shape index (κ2) is 6.92. The lowest BCUT2D eigenvalue weighted by atomic mass is 9.90. The van der Waals surface area contributed by atoms with Gasteiger partial charge in [-0.2, -0.15) is 0 Å². The van der Waals surface area contributed by atoms with E-state index in [1.54, 1.807) is 0 Å². The fourth-order valence-corrected chi connectivity index (χ4v) is 3.42. The maximum absolute atomic E-state index is 11.2. The molecule has 4 nitrogen and oxygen atoms in total. The molecule has 1 aromatic heterocycles. The van der Waals surface area contributed by atoms with Crippen LogP contribution in [0, 0.1) is 12.8 Å². The van der Waals surface area contributed by atoms with Crippen LogP contribution in [-0.4, -0.2) is 34.0 Å². The third kappa shape index (κ3) is 3.42. The van der Waals surface area contributed by atoms with Crippen molar-refractivity contribution in [2.75, 3.05) is 13.1 Å². The van der Waals surface area contributed by atoms with Crippen molar-refractivity contribution in [2.24, 2.45) is 5.92 Å². The van der Waals surface area contributed by atoms with Crippen molar-refractivity contribution in [3.8, 4) is 0 Å². The number of aromatic nitrogens is 1.